The molecular weight excluding hydrogens is 372 g/mol. The van der Waals surface area contributed by atoms with Crippen LogP contribution in [0.5, 0.6) is 11.5 Å². The quantitative estimate of drug-likeness (QED) is 0.704. The minimum atomic E-state index is -0.276. The minimum Gasteiger partial charge on any atom is -0.490 e. The van der Waals surface area contributed by atoms with Gasteiger partial charge in [-0.25, -0.2) is 0 Å². The van der Waals surface area contributed by atoms with Gasteiger partial charge in [0.2, 0.25) is 0 Å². The van der Waals surface area contributed by atoms with Gasteiger partial charge in [-0.3, -0.25) is 4.79 Å². The molecule has 0 bridgehead atoms. The van der Waals surface area contributed by atoms with Gasteiger partial charge in [0.15, 0.2) is 18.1 Å². The van der Waals surface area contributed by atoms with Crippen LogP contribution in [0.25, 0.3) is 0 Å². The van der Waals surface area contributed by atoms with Gasteiger partial charge in [0.1, 0.15) is 0 Å². The van der Waals surface area contributed by atoms with Gasteiger partial charge >= 0.3 is 0 Å². The fraction of sp³-hybridized carbons (Fsp3) is 0.611. The average Bonchev–Trinajstić information content (AvgIpc) is 3.28. The third kappa shape index (κ3) is 6.32. The smallest absolute Gasteiger partial charge is 0.258 e. The van der Waals surface area contributed by atoms with Crippen molar-refractivity contribution in [1.29, 1.82) is 0 Å². The van der Waals surface area contributed by atoms with Gasteiger partial charge in [0.05, 0.1) is 6.61 Å². The second-order valence-corrected chi connectivity index (χ2v) is 7.92. The first-order valence-corrected chi connectivity index (χ1v) is 9.20. The van der Waals surface area contributed by atoms with Gasteiger partial charge in [-0.2, -0.15) is 0 Å². The Morgan fingerprint density at radius 1 is 1.25 bits per heavy atom. The van der Waals surface area contributed by atoms with E-state index in [1.807, 2.05) is 39.8 Å². The molecule has 1 amide bonds. The number of carbonyl (C=O) groups is 1. The lowest BCUT2D eigenvalue weighted by Crippen LogP contribution is -2.43. The van der Waals surface area contributed by atoms with Crippen LogP contribution >= 0.6 is 15.9 Å². The average molecular weight is 399 g/mol. The highest BCUT2D eigenvalue weighted by atomic mass is 79.9. The highest BCUT2D eigenvalue weighted by Gasteiger charge is 2.21. The number of hydrogen-bond acceptors (Lipinski definition) is 4. The topological polar surface area (TPSA) is 59.6 Å². The Morgan fingerprint density at radius 2 is 1.92 bits per heavy atom. The summed E-state index contributed by atoms with van der Waals surface area (Å²) in [5, 5.41) is 6.37. The maximum absolute atomic E-state index is 11.9. The number of amides is 1. The molecule has 0 saturated heterocycles. The van der Waals surface area contributed by atoms with E-state index in [1.54, 1.807) is 0 Å². The molecule has 134 valence electrons. The van der Waals surface area contributed by atoms with Crippen LogP contribution in [0.2, 0.25) is 0 Å². The van der Waals surface area contributed by atoms with E-state index < -0.39 is 0 Å². The van der Waals surface area contributed by atoms with Crippen molar-refractivity contribution in [2.24, 2.45) is 0 Å². The maximum atomic E-state index is 11.9. The Balaban J connectivity index is 2.03. The number of ether oxygens (including phenoxy) is 2. The third-order valence-electron chi connectivity index (χ3n) is 3.44. The highest BCUT2D eigenvalue weighted by Crippen LogP contribution is 2.34. The van der Waals surface area contributed by atoms with E-state index in [2.05, 4.69) is 26.6 Å². The molecule has 24 heavy (non-hydrogen) atoms. The Kier molecular flexibility index (Phi) is 6.52. The Morgan fingerprint density at radius 3 is 2.50 bits per heavy atom. The van der Waals surface area contributed by atoms with Crippen molar-refractivity contribution in [3.63, 3.8) is 0 Å². The van der Waals surface area contributed by atoms with Gasteiger partial charge in [-0.05, 0) is 58.2 Å². The highest BCUT2D eigenvalue weighted by molar-refractivity contribution is 9.10. The lowest BCUT2D eigenvalue weighted by molar-refractivity contribution is -0.124. The molecule has 0 heterocycles. The van der Waals surface area contributed by atoms with Crippen LogP contribution in [-0.4, -0.2) is 30.7 Å². The summed E-state index contributed by atoms with van der Waals surface area (Å²) >= 11 is 3.58. The predicted octanol–water partition coefficient (Wildman–Crippen LogP) is 3.39. The first kappa shape index (κ1) is 19.1. The molecule has 2 N–H and O–H groups in total. The lowest BCUT2D eigenvalue weighted by Gasteiger charge is -2.21. The fourth-order valence-corrected chi connectivity index (χ4v) is 2.70. The normalized spacial score (nSPS) is 14.4. The summed E-state index contributed by atoms with van der Waals surface area (Å²) in [7, 11) is 0. The molecule has 0 radical (unpaired) electrons. The van der Waals surface area contributed by atoms with E-state index in [4.69, 9.17) is 9.47 Å². The number of benzene rings is 1. The van der Waals surface area contributed by atoms with Crippen molar-refractivity contribution in [3.05, 3.63) is 22.2 Å². The van der Waals surface area contributed by atoms with Crippen LogP contribution in [0.1, 0.15) is 46.1 Å². The molecule has 2 rings (SSSR count). The first-order chi connectivity index (χ1) is 11.3. The Bertz CT molecular complexity index is 580. The second kappa shape index (κ2) is 8.21. The third-order valence-corrected chi connectivity index (χ3v) is 4.18. The minimum absolute atomic E-state index is 0.0382. The number of carbonyl (C=O) groups excluding carboxylic acids is 1. The molecule has 0 atom stereocenters. The van der Waals surface area contributed by atoms with Gasteiger partial charge in [0, 0.05) is 22.6 Å². The first-order valence-electron chi connectivity index (χ1n) is 8.41. The summed E-state index contributed by atoms with van der Waals surface area (Å²) in [5.41, 5.74) is 0.846. The van der Waals surface area contributed by atoms with Crippen molar-refractivity contribution in [1.82, 2.24) is 10.6 Å². The van der Waals surface area contributed by atoms with Crippen LogP contribution in [0.4, 0.5) is 0 Å². The van der Waals surface area contributed by atoms with E-state index in [0.29, 0.717) is 24.1 Å². The van der Waals surface area contributed by atoms with Gasteiger partial charge < -0.3 is 20.1 Å². The molecule has 1 aliphatic rings. The van der Waals surface area contributed by atoms with Crippen molar-refractivity contribution in [2.75, 3.05) is 13.2 Å². The van der Waals surface area contributed by atoms with Gasteiger partial charge in [0.25, 0.3) is 5.91 Å². The molecular formula is C18H27BrN2O3. The van der Waals surface area contributed by atoms with Gasteiger partial charge in [-0.15, -0.1) is 0 Å². The fourth-order valence-electron chi connectivity index (χ4n) is 2.23. The SMILES string of the molecule is CCOc1cc(CNC2CC2)c(Br)cc1OCC(=O)NC(C)(C)C. The molecule has 1 aliphatic carbocycles. The molecule has 1 aromatic rings. The molecule has 0 aromatic heterocycles. The van der Waals surface area contributed by atoms with Crippen LogP contribution in [0.15, 0.2) is 16.6 Å². The summed E-state index contributed by atoms with van der Waals surface area (Å²) in [5.74, 6) is 1.08. The standard InChI is InChI=1S/C18H27BrN2O3/c1-5-23-15-8-12(10-20-13-6-7-13)14(19)9-16(15)24-11-17(22)21-18(2,3)4/h8-9,13,20H,5-7,10-11H2,1-4H3,(H,21,22). The second-order valence-electron chi connectivity index (χ2n) is 7.07. The van der Waals surface area contributed by atoms with Crippen molar-refractivity contribution >= 4 is 21.8 Å². The number of hydrogen-bond donors (Lipinski definition) is 2. The van der Waals surface area contributed by atoms with E-state index >= 15 is 0 Å². The molecule has 0 aliphatic heterocycles. The molecule has 1 aromatic carbocycles. The lowest BCUT2D eigenvalue weighted by atomic mass is 10.1. The van der Waals surface area contributed by atoms with Gasteiger partial charge in [-0.1, -0.05) is 15.9 Å². The molecule has 1 fully saturated rings. The molecule has 1 saturated carbocycles. The van der Waals surface area contributed by atoms with E-state index in [0.717, 1.165) is 16.6 Å². The molecule has 5 nitrogen and oxygen atoms in total. The Labute approximate surface area is 152 Å². The zero-order chi connectivity index (χ0) is 17.7. The largest absolute Gasteiger partial charge is 0.490 e. The monoisotopic (exact) mass is 398 g/mol. The zero-order valence-electron chi connectivity index (χ0n) is 14.9. The summed E-state index contributed by atoms with van der Waals surface area (Å²) in [6.45, 7) is 9.04. The van der Waals surface area contributed by atoms with Crippen molar-refractivity contribution < 1.29 is 14.3 Å². The summed E-state index contributed by atoms with van der Waals surface area (Å²) in [6, 6.07) is 4.49. The van der Waals surface area contributed by atoms with Crippen molar-refractivity contribution in [2.45, 2.75) is 58.7 Å². The van der Waals surface area contributed by atoms with Crippen LogP contribution < -0.4 is 20.1 Å². The predicted molar refractivity (Wildman–Crippen MR) is 98.6 cm³/mol. The van der Waals surface area contributed by atoms with E-state index in [-0.39, 0.29) is 18.1 Å². The van der Waals surface area contributed by atoms with Crippen molar-refractivity contribution in [3.8, 4) is 11.5 Å². The summed E-state index contributed by atoms with van der Waals surface area (Å²) in [4.78, 5) is 11.9. The van der Waals surface area contributed by atoms with Crippen LogP contribution in [0.3, 0.4) is 0 Å². The summed E-state index contributed by atoms with van der Waals surface area (Å²) < 4.78 is 12.3. The van der Waals surface area contributed by atoms with E-state index in [9.17, 15) is 4.79 Å². The van der Waals surface area contributed by atoms with Crippen LogP contribution in [0, 0.1) is 0 Å². The molecule has 0 spiro atoms. The maximum Gasteiger partial charge on any atom is 0.258 e. The zero-order valence-corrected chi connectivity index (χ0v) is 16.5. The Hall–Kier alpha value is -1.27. The van der Waals surface area contributed by atoms with Crippen LogP contribution in [-0.2, 0) is 11.3 Å². The number of rotatable bonds is 8. The number of halogens is 1. The van der Waals surface area contributed by atoms with E-state index in [1.165, 1.54) is 12.8 Å². The number of nitrogens with one attached hydrogen (secondary N) is 2. The molecule has 0 unspecified atom stereocenters. The molecule has 6 heteroatoms. The summed E-state index contributed by atoms with van der Waals surface area (Å²) in [6.07, 6.45) is 2.50.